The molecule has 0 aliphatic rings. The van der Waals surface area contributed by atoms with E-state index < -0.39 is 12.1 Å². The Morgan fingerprint density at radius 2 is 2.17 bits per heavy atom. The summed E-state index contributed by atoms with van der Waals surface area (Å²) in [5.41, 5.74) is 2.32. The van der Waals surface area contributed by atoms with Crippen molar-refractivity contribution in [2.45, 2.75) is 33.3 Å². The molecular formula is C17H22N2O4S. The quantitative estimate of drug-likeness (QED) is 0.668. The summed E-state index contributed by atoms with van der Waals surface area (Å²) >= 11 is 1.64. The van der Waals surface area contributed by atoms with Gasteiger partial charge in [0.1, 0.15) is 5.69 Å². The summed E-state index contributed by atoms with van der Waals surface area (Å²) in [4.78, 5) is 27.9. The van der Waals surface area contributed by atoms with E-state index in [0.29, 0.717) is 17.7 Å². The van der Waals surface area contributed by atoms with Crippen LogP contribution in [0.5, 0.6) is 0 Å². The molecule has 0 fully saturated rings. The zero-order valence-electron chi connectivity index (χ0n) is 14.0. The van der Waals surface area contributed by atoms with Crippen molar-refractivity contribution in [1.29, 1.82) is 0 Å². The minimum atomic E-state index is -0.677. The summed E-state index contributed by atoms with van der Waals surface area (Å²) in [7, 11) is 0. The Morgan fingerprint density at radius 1 is 1.42 bits per heavy atom. The number of esters is 1. The molecule has 7 heteroatoms. The number of carbonyl (C=O) groups is 2. The van der Waals surface area contributed by atoms with E-state index in [1.54, 1.807) is 32.1 Å². The number of aromatic amines is 1. The maximum atomic E-state index is 12.1. The van der Waals surface area contributed by atoms with Gasteiger partial charge in [-0.2, -0.15) is 0 Å². The molecule has 0 bridgehead atoms. The third-order valence-electron chi connectivity index (χ3n) is 3.73. The number of H-pyrrole nitrogens is 1. The maximum absolute atomic E-state index is 12.1. The second-order valence-corrected chi connectivity index (χ2v) is 6.63. The lowest BCUT2D eigenvalue weighted by molar-refractivity contribution is -0.124. The Bertz CT molecular complexity index is 704. The number of carbonyl (C=O) groups excluding carboxylic acids is 2. The third-order valence-corrected chi connectivity index (χ3v) is 4.66. The number of hydrogen-bond acceptors (Lipinski definition) is 5. The van der Waals surface area contributed by atoms with Gasteiger partial charge in [-0.05, 0) is 44.2 Å². The number of rotatable bonds is 7. The van der Waals surface area contributed by atoms with Crippen molar-refractivity contribution in [2.75, 3.05) is 13.2 Å². The van der Waals surface area contributed by atoms with Crippen molar-refractivity contribution in [3.63, 3.8) is 0 Å². The predicted molar refractivity (Wildman–Crippen MR) is 92.2 cm³/mol. The molecule has 2 aromatic heterocycles. The summed E-state index contributed by atoms with van der Waals surface area (Å²) in [6, 6.07) is 3.97. The van der Waals surface area contributed by atoms with Gasteiger partial charge in [-0.1, -0.05) is 6.07 Å². The first-order valence-corrected chi connectivity index (χ1v) is 8.61. The molecule has 0 saturated heterocycles. The Hall–Kier alpha value is -2.12. The number of ether oxygens (including phenoxy) is 1. The summed E-state index contributed by atoms with van der Waals surface area (Å²) in [5.74, 6) is -0.938. The molecule has 3 N–H and O–H groups in total. The Kier molecular flexibility index (Phi) is 6.16. The van der Waals surface area contributed by atoms with E-state index in [2.05, 4.69) is 10.3 Å². The Morgan fingerprint density at radius 3 is 2.75 bits per heavy atom. The Balaban J connectivity index is 1.82. The first kappa shape index (κ1) is 18.2. The lowest BCUT2D eigenvalue weighted by Crippen LogP contribution is -2.30. The second kappa shape index (κ2) is 8.12. The Labute approximate surface area is 144 Å². The van der Waals surface area contributed by atoms with Crippen LogP contribution in [0, 0.1) is 13.8 Å². The van der Waals surface area contributed by atoms with Crippen molar-refractivity contribution in [1.82, 2.24) is 10.3 Å². The molecule has 0 aromatic carbocycles. The highest BCUT2D eigenvalue weighted by atomic mass is 32.1. The molecule has 24 heavy (non-hydrogen) atoms. The summed E-state index contributed by atoms with van der Waals surface area (Å²) in [5, 5.41) is 14.4. The van der Waals surface area contributed by atoms with Crippen LogP contribution in [-0.2, 0) is 16.0 Å². The van der Waals surface area contributed by atoms with Gasteiger partial charge in [-0.15, -0.1) is 11.3 Å². The highest BCUT2D eigenvalue weighted by molar-refractivity contribution is 7.09. The predicted octanol–water partition coefficient (Wildman–Crippen LogP) is 2.26. The molecule has 6 nitrogen and oxygen atoms in total. The molecule has 130 valence electrons. The van der Waals surface area contributed by atoms with E-state index >= 15 is 0 Å². The molecular weight excluding hydrogens is 328 g/mol. The van der Waals surface area contributed by atoms with Crippen molar-refractivity contribution < 1.29 is 19.4 Å². The number of aryl methyl sites for hydroxylation is 1. The van der Waals surface area contributed by atoms with Crippen LogP contribution >= 0.6 is 11.3 Å². The number of amides is 1. The average molecular weight is 350 g/mol. The first-order chi connectivity index (χ1) is 11.4. The maximum Gasteiger partial charge on any atom is 0.355 e. The van der Waals surface area contributed by atoms with Gasteiger partial charge in [0.25, 0.3) is 5.91 Å². The highest BCUT2D eigenvalue weighted by Crippen LogP contribution is 2.24. The molecule has 1 atom stereocenters. The van der Waals surface area contributed by atoms with Crippen LogP contribution in [-0.4, -0.2) is 35.1 Å². The molecule has 0 unspecified atom stereocenters. The fraction of sp³-hybridized carbons (Fsp3) is 0.412. The van der Waals surface area contributed by atoms with Gasteiger partial charge in [0.2, 0.25) is 0 Å². The monoisotopic (exact) mass is 350 g/mol. The fourth-order valence-electron chi connectivity index (χ4n) is 2.63. The van der Waals surface area contributed by atoms with Gasteiger partial charge in [0.05, 0.1) is 6.10 Å². The minimum absolute atomic E-state index is 0.273. The second-order valence-electron chi connectivity index (χ2n) is 5.60. The van der Waals surface area contributed by atoms with Crippen LogP contribution in [0.15, 0.2) is 17.5 Å². The van der Waals surface area contributed by atoms with Crippen LogP contribution in [0.2, 0.25) is 0 Å². The van der Waals surface area contributed by atoms with E-state index in [-0.39, 0.29) is 18.2 Å². The number of thiophene rings is 1. The number of aromatic nitrogens is 1. The van der Waals surface area contributed by atoms with Gasteiger partial charge in [-0.3, -0.25) is 4.79 Å². The van der Waals surface area contributed by atoms with Gasteiger partial charge >= 0.3 is 5.97 Å². The van der Waals surface area contributed by atoms with Crippen LogP contribution < -0.4 is 5.32 Å². The fourth-order valence-corrected chi connectivity index (χ4v) is 3.34. The first-order valence-electron chi connectivity index (χ1n) is 7.73. The molecule has 2 heterocycles. The van der Waals surface area contributed by atoms with Gasteiger partial charge in [0.15, 0.2) is 6.61 Å². The summed E-state index contributed by atoms with van der Waals surface area (Å²) < 4.78 is 5.05. The largest absolute Gasteiger partial charge is 0.451 e. The molecule has 0 aliphatic carbocycles. The molecule has 2 rings (SSSR count). The molecule has 1 amide bonds. The van der Waals surface area contributed by atoms with Crippen molar-refractivity contribution >= 4 is 23.2 Å². The summed E-state index contributed by atoms with van der Waals surface area (Å²) in [6.07, 6.45) is 0.0765. The standard InChI is InChI=1S/C17H22N2O4S/c1-10-15(12(3)20)11(2)19-16(10)17(22)23-9-14(21)18-7-6-13-5-4-8-24-13/h4-5,8,12,19-20H,6-7,9H2,1-3H3,(H,18,21)/t12-/m0/s1. The lowest BCUT2D eigenvalue weighted by Gasteiger charge is -2.07. The smallest absolute Gasteiger partial charge is 0.355 e. The molecule has 0 spiro atoms. The van der Waals surface area contributed by atoms with Crippen LogP contribution in [0.25, 0.3) is 0 Å². The topological polar surface area (TPSA) is 91.4 Å². The number of hydrogen-bond donors (Lipinski definition) is 3. The highest BCUT2D eigenvalue weighted by Gasteiger charge is 2.21. The average Bonchev–Trinajstić information content (AvgIpc) is 3.12. The zero-order chi connectivity index (χ0) is 17.7. The van der Waals surface area contributed by atoms with Crippen molar-refractivity contribution in [3.8, 4) is 0 Å². The van der Waals surface area contributed by atoms with E-state index in [4.69, 9.17) is 4.74 Å². The van der Waals surface area contributed by atoms with E-state index in [0.717, 1.165) is 12.1 Å². The number of nitrogens with one attached hydrogen (secondary N) is 2. The van der Waals surface area contributed by atoms with E-state index in [1.807, 2.05) is 17.5 Å². The van der Waals surface area contributed by atoms with Gasteiger partial charge in [-0.25, -0.2) is 4.79 Å². The van der Waals surface area contributed by atoms with Crippen LogP contribution in [0.4, 0.5) is 0 Å². The molecule has 2 aromatic rings. The molecule has 0 aliphatic heterocycles. The van der Waals surface area contributed by atoms with Crippen molar-refractivity contribution in [2.24, 2.45) is 0 Å². The zero-order valence-corrected chi connectivity index (χ0v) is 14.8. The normalized spacial score (nSPS) is 12.0. The SMILES string of the molecule is Cc1[nH]c(C(=O)OCC(=O)NCCc2cccs2)c(C)c1[C@H](C)O. The summed E-state index contributed by atoms with van der Waals surface area (Å²) in [6.45, 7) is 5.33. The van der Waals surface area contributed by atoms with E-state index in [1.165, 1.54) is 4.88 Å². The molecule has 0 radical (unpaired) electrons. The third kappa shape index (κ3) is 4.46. The van der Waals surface area contributed by atoms with Gasteiger partial charge < -0.3 is 20.1 Å². The lowest BCUT2D eigenvalue weighted by atomic mass is 10.1. The van der Waals surface area contributed by atoms with Gasteiger partial charge in [0, 0.05) is 22.7 Å². The van der Waals surface area contributed by atoms with Crippen LogP contribution in [0.1, 0.15) is 45.2 Å². The van der Waals surface area contributed by atoms with Crippen LogP contribution in [0.3, 0.4) is 0 Å². The number of aliphatic hydroxyl groups excluding tert-OH is 1. The number of aliphatic hydroxyl groups is 1. The molecule has 0 saturated carbocycles. The van der Waals surface area contributed by atoms with Crippen molar-refractivity contribution in [3.05, 3.63) is 44.9 Å². The van der Waals surface area contributed by atoms with E-state index in [9.17, 15) is 14.7 Å². The minimum Gasteiger partial charge on any atom is -0.451 e.